The molecule has 1 unspecified atom stereocenters. The zero-order chi connectivity index (χ0) is 19.2. The second-order valence-corrected chi connectivity index (χ2v) is 6.99. The minimum absolute atomic E-state index is 0.344. The smallest absolute Gasteiger partial charge is 0.303 e. The Bertz CT molecular complexity index is 260. The van der Waals surface area contributed by atoms with E-state index in [1.54, 1.807) is 0 Å². The van der Waals surface area contributed by atoms with Gasteiger partial charge in [-0.05, 0) is 32.4 Å². The zero-order valence-electron chi connectivity index (χ0n) is 17.3. The van der Waals surface area contributed by atoms with Crippen LogP contribution in [0.5, 0.6) is 0 Å². The fourth-order valence-corrected chi connectivity index (χ4v) is 2.61. The van der Waals surface area contributed by atoms with Gasteiger partial charge in [0, 0.05) is 12.5 Å². The summed E-state index contributed by atoms with van der Waals surface area (Å²) in [6, 6.07) is 0.393. The van der Waals surface area contributed by atoms with Crippen molar-refractivity contribution < 1.29 is 9.90 Å². The Kier molecular flexibility index (Phi) is 24.9. The fraction of sp³-hybridized carbons (Fsp3) is 0.952. The van der Waals surface area contributed by atoms with Crippen LogP contribution in [-0.4, -0.2) is 30.2 Å². The molecule has 0 radical (unpaired) electrons. The minimum atomic E-state index is -0.657. The number of carbonyl (C=O) groups is 1. The number of hydrogen-bond acceptors (Lipinski definition) is 3. The van der Waals surface area contributed by atoms with Crippen molar-refractivity contribution in [1.82, 2.24) is 5.32 Å². The summed E-state index contributed by atoms with van der Waals surface area (Å²) in [5.41, 5.74) is 5.67. The van der Waals surface area contributed by atoms with Gasteiger partial charge in [-0.3, -0.25) is 4.79 Å². The first-order valence-electron chi connectivity index (χ1n) is 10.8. The van der Waals surface area contributed by atoms with Crippen molar-refractivity contribution in [2.45, 2.75) is 117 Å². The molecule has 0 rings (SSSR count). The standard InChI is InChI=1S/C14H28O2.C7H18N2/c1-2-3-4-5-6-7-8-9-10-11-12-13-14(15)16;1-3-7(8)5-6-9-4-2/h2-13H2,1H3,(H,15,16);7,9H,3-6,8H2,1-2H3. The van der Waals surface area contributed by atoms with E-state index in [0.29, 0.717) is 12.5 Å². The van der Waals surface area contributed by atoms with Crippen molar-refractivity contribution >= 4 is 5.97 Å². The Balaban J connectivity index is 0. The van der Waals surface area contributed by atoms with Crippen LogP contribution in [0.1, 0.15) is 111 Å². The van der Waals surface area contributed by atoms with Crippen LogP contribution in [-0.2, 0) is 4.79 Å². The van der Waals surface area contributed by atoms with E-state index in [-0.39, 0.29) is 0 Å². The Labute approximate surface area is 157 Å². The van der Waals surface area contributed by atoms with E-state index in [2.05, 4.69) is 26.1 Å². The van der Waals surface area contributed by atoms with Crippen LogP contribution in [0.25, 0.3) is 0 Å². The molecule has 0 aromatic heterocycles. The van der Waals surface area contributed by atoms with Gasteiger partial charge in [0.2, 0.25) is 0 Å². The third-order valence-corrected chi connectivity index (χ3v) is 4.46. The van der Waals surface area contributed by atoms with Crippen LogP contribution in [0.15, 0.2) is 0 Å². The molecule has 0 saturated carbocycles. The first-order chi connectivity index (χ1) is 12.1. The molecule has 152 valence electrons. The molecule has 0 aliphatic heterocycles. The highest BCUT2D eigenvalue weighted by Crippen LogP contribution is 2.11. The topological polar surface area (TPSA) is 75.3 Å². The van der Waals surface area contributed by atoms with Gasteiger partial charge in [-0.1, -0.05) is 85.0 Å². The quantitative estimate of drug-likeness (QED) is 0.300. The molecule has 0 amide bonds. The van der Waals surface area contributed by atoms with E-state index in [1.807, 2.05) is 0 Å². The van der Waals surface area contributed by atoms with Gasteiger partial charge < -0.3 is 16.2 Å². The lowest BCUT2D eigenvalue weighted by atomic mass is 10.1. The van der Waals surface area contributed by atoms with E-state index < -0.39 is 5.97 Å². The molecule has 4 heteroatoms. The highest BCUT2D eigenvalue weighted by molar-refractivity contribution is 5.66. The van der Waals surface area contributed by atoms with Gasteiger partial charge >= 0.3 is 5.97 Å². The molecule has 0 heterocycles. The van der Waals surface area contributed by atoms with Crippen molar-refractivity contribution in [3.05, 3.63) is 0 Å². The van der Waals surface area contributed by atoms with Crippen LogP contribution < -0.4 is 11.1 Å². The Morgan fingerprint density at radius 3 is 1.76 bits per heavy atom. The molecule has 0 saturated heterocycles. The molecule has 0 spiro atoms. The summed E-state index contributed by atoms with van der Waals surface area (Å²) >= 11 is 0. The lowest BCUT2D eigenvalue weighted by Crippen LogP contribution is -2.25. The number of rotatable bonds is 17. The molecule has 4 N–H and O–H groups in total. The molecule has 0 aliphatic rings. The number of nitrogens with two attached hydrogens (primary N) is 1. The van der Waals surface area contributed by atoms with Crippen molar-refractivity contribution in [3.63, 3.8) is 0 Å². The third-order valence-electron chi connectivity index (χ3n) is 4.46. The predicted octanol–water partition coefficient (Wildman–Crippen LogP) is 5.50. The maximum Gasteiger partial charge on any atom is 0.303 e. The maximum atomic E-state index is 10.3. The van der Waals surface area contributed by atoms with Gasteiger partial charge in [-0.15, -0.1) is 0 Å². The molecule has 0 aromatic rings. The van der Waals surface area contributed by atoms with Gasteiger partial charge in [0.1, 0.15) is 0 Å². The number of unbranched alkanes of at least 4 members (excludes halogenated alkanes) is 10. The third kappa shape index (κ3) is 28.5. The Hall–Kier alpha value is -0.610. The minimum Gasteiger partial charge on any atom is -0.481 e. The molecule has 0 bridgehead atoms. The maximum absolute atomic E-state index is 10.3. The van der Waals surface area contributed by atoms with Gasteiger partial charge in [0.15, 0.2) is 0 Å². The lowest BCUT2D eigenvalue weighted by molar-refractivity contribution is -0.137. The van der Waals surface area contributed by atoms with Gasteiger partial charge in [0.05, 0.1) is 0 Å². The van der Waals surface area contributed by atoms with Crippen LogP contribution in [0, 0.1) is 0 Å². The monoisotopic (exact) mass is 358 g/mol. The van der Waals surface area contributed by atoms with Gasteiger partial charge in [-0.2, -0.15) is 0 Å². The number of carboxylic acid groups (broad SMARTS) is 1. The number of aliphatic carboxylic acids is 1. The molecule has 0 fully saturated rings. The second-order valence-electron chi connectivity index (χ2n) is 6.99. The lowest BCUT2D eigenvalue weighted by Gasteiger charge is -2.07. The first-order valence-corrected chi connectivity index (χ1v) is 10.8. The molecule has 0 aliphatic carbocycles. The number of hydrogen-bond donors (Lipinski definition) is 3. The molecule has 0 aromatic carbocycles. The number of nitrogens with one attached hydrogen (secondary N) is 1. The molecule has 4 nitrogen and oxygen atoms in total. The largest absolute Gasteiger partial charge is 0.481 e. The summed E-state index contributed by atoms with van der Waals surface area (Å²) in [5.74, 6) is -0.657. The predicted molar refractivity (Wildman–Crippen MR) is 110 cm³/mol. The molecular weight excluding hydrogens is 312 g/mol. The highest BCUT2D eigenvalue weighted by atomic mass is 16.4. The zero-order valence-corrected chi connectivity index (χ0v) is 17.3. The summed E-state index contributed by atoms with van der Waals surface area (Å²) < 4.78 is 0. The van der Waals surface area contributed by atoms with Crippen molar-refractivity contribution in [2.75, 3.05) is 13.1 Å². The van der Waals surface area contributed by atoms with Gasteiger partial charge in [-0.25, -0.2) is 0 Å². The van der Waals surface area contributed by atoms with E-state index in [1.165, 1.54) is 57.8 Å². The first kappa shape index (κ1) is 26.6. The van der Waals surface area contributed by atoms with Crippen molar-refractivity contribution in [3.8, 4) is 0 Å². The van der Waals surface area contributed by atoms with Crippen LogP contribution in [0.2, 0.25) is 0 Å². The van der Waals surface area contributed by atoms with E-state index in [0.717, 1.165) is 38.8 Å². The van der Waals surface area contributed by atoms with Crippen LogP contribution in [0.4, 0.5) is 0 Å². The molecule has 1 atom stereocenters. The Morgan fingerprint density at radius 1 is 0.880 bits per heavy atom. The van der Waals surface area contributed by atoms with Crippen LogP contribution >= 0.6 is 0 Å². The Morgan fingerprint density at radius 2 is 1.36 bits per heavy atom. The number of carboxylic acids is 1. The van der Waals surface area contributed by atoms with Crippen molar-refractivity contribution in [2.24, 2.45) is 5.73 Å². The molecule has 25 heavy (non-hydrogen) atoms. The summed E-state index contributed by atoms with van der Waals surface area (Å²) in [4.78, 5) is 10.3. The summed E-state index contributed by atoms with van der Waals surface area (Å²) in [7, 11) is 0. The summed E-state index contributed by atoms with van der Waals surface area (Å²) in [6.07, 6.45) is 16.5. The molecular formula is C21H46N2O2. The van der Waals surface area contributed by atoms with Gasteiger partial charge in [0.25, 0.3) is 0 Å². The fourth-order valence-electron chi connectivity index (χ4n) is 2.61. The average molecular weight is 359 g/mol. The second kappa shape index (κ2) is 23.4. The summed E-state index contributed by atoms with van der Waals surface area (Å²) in [5, 5.41) is 11.7. The van der Waals surface area contributed by atoms with Crippen LogP contribution in [0.3, 0.4) is 0 Å². The highest BCUT2D eigenvalue weighted by Gasteiger charge is 1.97. The van der Waals surface area contributed by atoms with E-state index in [4.69, 9.17) is 10.8 Å². The summed E-state index contributed by atoms with van der Waals surface area (Å²) in [6.45, 7) is 8.59. The van der Waals surface area contributed by atoms with Crippen molar-refractivity contribution in [1.29, 1.82) is 0 Å². The van der Waals surface area contributed by atoms with E-state index >= 15 is 0 Å². The SMILES string of the molecule is CCCCCCCCCCCCCC(=O)O.CCNCCC(N)CC. The van der Waals surface area contributed by atoms with E-state index in [9.17, 15) is 4.79 Å². The average Bonchev–Trinajstić information content (AvgIpc) is 2.60. The normalized spacial score (nSPS) is 11.7.